The Morgan fingerprint density at radius 1 is 0.972 bits per heavy atom. The van der Waals surface area contributed by atoms with Crippen molar-refractivity contribution in [1.82, 2.24) is 4.98 Å². The van der Waals surface area contributed by atoms with Crippen LogP contribution in [0.15, 0.2) is 54.9 Å². The molecule has 0 unspecified atom stereocenters. The third-order valence-corrected chi connectivity index (χ3v) is 7.04. The number of rotatable bonds is 5. The minimum Gasteiger partial charge on any atom is -0.504 e. The molecule has 2 aromatic carbocycles. The molecule has 0 bridgehead atoms. The van der Waals surface area contributed by atoms with Gasteiger partial charge in [0, 0.05) is 22.0 Å². The molecule has 0 saturated carbocycles. The number of methoxy groups -OCH3 is 1. The lowest BCUT2D eigenvalue weighted by Gasteiger charge is -2.19. The predicted octanol–water partition coefficient (Wildman–Crippen LogP) is 9.47. The normalized spacial score (nSPS) is 12.6. The Hall–Kier alpha value is -3.12. The molecule has 0 saturated heterocycles. The fraction of sp³-hybridized carbons (Fsp3) is 0.300. The number of aryl methyl sites for hydroxylation is 2. The largest absolute Gasteiger partial charge is 0.504 e. The molecule has 0 atom stereocenters. The van der Waals surface area contributed by atoms with Crippen molar-refractivity contribution in [2.45, 2.75) is 47.2 Å². The van der Waals surface area contributed by atoms with E-state index in [1.54, 1.807) is 19.4 Å². The zero-order chi connectivity index (χ0) is 26.3. The number of nitrogens with zero attached hydrogens (tertiary/aromatic N) is 1. The van der Waals surface area contributed by atoms with Crippen LogP contribution >= 0.6 is 11.3 Å². The number of fused-ring (bicyclic) bond motifs is 1. The number of pyridine rings is 1. The highest BCUT2D eigenvalue weighted by Gasteiger charge is 2.34. The van der Waals surface area contributed by atoms with Crippen LogP contribution in [0.5, 0.6) is 0 Å². The van der Waals surface area contributed by atoms with Crippen molar-refractivity contribution in [1.29, 1.82) is 0 Å². The molecular formula is C30H30F3NOS. The molecule has 36 heavy (non-hydrogen) atoms. The van der Waals surface area contributed by atoms with Gasteiger partial charge in [-0.25, -0.2) is 0 Å². The van der Waals surface area contributed by atoms with Crippen LogP contribution in [0, 0.1) is 19.3 Å². The first-order valence-corrected chi connectivity index (χ1v) is 12.6. The van der Waals surface area contributed by atoms with Crippen LogP contribution in [0.25, 0.3) is 37.9 Å². The predicted molar refractivity (Wildman–Crippen MR) is 144 cm³/mol. The van der Waals surface area contributed by atoms with Gasteiger partial charge in [-0.2, -0.15) is 13.2 Å². The highest BCUT2D eigenvalue weighted by atomic mass is 32.1. The summed E-state index contributed by atoms with van der Waals surface area (Å²) in [6.07, 6.45) is 0.798. The van der Waals surface area contributed by atoms with Crippen molar-refractivity contribution in [2.75, 3.05) is 7.11 Å². The Morgan fingerprint density at radius 2 is 1.67 bits per heavy atom. The summed E-state index contributed by atoms with van der Waals surface area (Å²) in [5.41, 5.74) is 5.79. The van der Waals surface area contributed by atoms with Gasteiger partial charge >= 0.3 is 6.18 Å². The Bertz CT molecular complexity index is 1420. The van der Waals surface area contributed by atoms with Crippen LogP contribution in [-0.2, 0) is 17.3 Å². The fourth-order valence-corrected chi connectivity index (χ4v) is 5.78. The molecule has 0 spiro atoms. The Morgan fingerprint density at radius 3 is 2.28 bits per heavy atom. The van der Waals surface area contributed by atoms with Gasteiger partial charge in [-0.05, 0) is 66.6 Å². The van der Waals surface area contributed by atoms with Crippen LogP contribution < -0.4 is 0 Å². The van der Waals surface area contributed by atoms with Gasteiger partial charge in [-0.3, -0.25) is 4.98 Å². The molecule has 2 heterocycles. The SMILES string of the molecule is COC=Cc1cc(CC(C)(C)C)ccc1-c1cc2c(C(F)(F)F)cnc(-c3cc(C)cc(C)c3)c2s1. The van der Waals surface area contributed by atoms with Crippen LogP contribution in [0.3, 0.4) is 0 Å². The molecule has 0 fully saturated rings. The Kier molecular flexibility index (Phi) is 7.02. The van der Waals surface area contributed by atoms with Gasteiger partial charge in [0.1, 0.15) is 0 Å². The molecule has 0 N–H and O–H groups in total. The number of aromatic nitrogens is 1. The quantitative estimate of drug-likeness (QED) is 0.250. The van der Waals surface area contributed by atoms with Gasteiger partial charge in [0.2, 0.25) is 0 Å². The lowest BCUT2D eigenvalue weighted by Crippen LogP contribution is -2.09. The van der Waals surface area contributed by atoms with Gasteiger partial charge in [0.15, 0.2) is 0 Å². The van der Waals surface area contributed by atoms with E-state index < -0.39 is 11.7 Å². The van der Waals surface area contributed by atoms with Crippen molar-refractivity contribution in [3.05, 3.63) is 82.7 Å². The van der Waals surface area contributed by atoms with E-state index in [1.165, 1.54) is 11.3 Å². The maximum atomic E-state index is 14.0. The van der Waals surface area contributed by atoms with E-state index in [2.05, 4.69) is 37.9 Å². The summed E-state index contributed by atoms with van der Waals surface area (Å²) < 4.78 is 47.7. The van der Waals surface area contributed by atoms with E-state index in [1.807, 2.05) is 44.2 Å². The summed E-state index contributed by atoms with van der Waals surface area (Å²) in [7, 11) is 1.58. The van der Waals surface area contributed by atoms with E-state index in [-0.39, 0.29) is 10.8 Å². The number of hydrogen-bond acceptors (Lipinski definition) is 3. The summed E-state index contributed by atoms with van der Waals surface area (Å²) in [5.74, 6) is 0. The van der Waals surface area contributed by atoms with Crippen molar-refractivity contribution in [3.8, 4) is 21.7 Å². The first-order valence-electron chi connectivity index (χ1n) is 11.8. The average molecular weight is 510 g/mol. The van der Waals surface area contributed by atoms with Gasteiger partial charge in [0.05, 0.1) is 29.3 Å². The maximum Gasteiger partial charge on any atom is 0.418 e. The summed E-state index contributed by atoms with van der Waals surface area (Å²) >= 11 is 1.34. The third-order valence-electron chi connectivity index (χ3n) is 5.86. The molecule has 0 aliphatic heterocycles. The van der Waals surface area contributed by atoms with Gasteiger partial charge in [-0.15, -0.1) is 11.3 Å². The van der Waals surface area contributed by atoms with E-state index in [9.17, 15) is 13.2 Å². The van der Waals surface area contributed by atoms with Crippen molar-refractivity contribution in [3.63, 3.8) is 0 Å². The molecule has 4 aromatic rings. The molecule has 0 amide bonds. The Balaban J connectivity index is 1.96. The average Bonchev–Trinajstić information content (AvgIpc) is 3.19. The minimum absolute atomic E-state index is 0.107. The summed E-state index contributed by atoms with van der Waals surface area (Å²) in [4.78, 5) is 5.07. The molecule has 0 aliphatic rings. The van der Waals surface area contributed by atoms with Crippen molar-refractivity contribution < 1.29 is 17.9 Å². The molecular weight excluding hydrogens is 479 g/mol. The summed E-state index contributed by atoms with van der Waals surface area (Å²) in [6.45, 7) is 10.5. The number of hydrogen-bond donors (Lipinski definition) is 0. The topological polar surface area (TPSA) is 22.1 Å². The van der Waals surface area contributed by atoms with E-state index in [0.717, 1.165) is 50.9 Å². The standard InChI is InChI=1S/C30H30F3NOS/c1-18-11-19(2)13-22(12-18)27-28-24(25(17-34-27)30(31,32)33)15-26(36-28)23-8-7-20(16-29(3,4)5)14-21(23)9-10-35-6/h7-15,17H,16H2,1-6H3. The third kappa shape index (κ3) is 5.65. The molecule has 2 nitrogen and oxygen atoms in total. The van der Waals surface area contributed by atoms with Crippen LogP contribution in [0.1, 0.15) is 48.6 Å². The molecule has 0 radical (unpaired) electrons. The number of halogens is 3. The highest BCUT2D eigenvalue weighted by Crippen LogP contribution is 2.45. The fourth-order valence-electron chi connectivity index (χ4n) is 4.54. The lowest BCUT2D eigenvalue weighted by molar-refractivity contribution is -0.136. The second kappa shape index (κ2) is 9.74. The van der Waals surface area contributed by atoms with Crippen molar-refractivity contribution >= 4 is 27.5 Å². The molecule has 2 aromatic heterocycles. The van der Waals surface area contributed by atoms with Gasteiger partial charge in [0.25, 0.3) is 0 Å². The molecule has 188 valence electrons. The van der Waals surface area contributed by atoms with E-state index in [0.29, 0.717) is 10.4 Å². The molecule has 0 aliphatic carbocycles. The summed E-state index contributed by atoms with van der Waals surface area (Å²) in [6, 6.07) is 13.8. The molecule has 4 rings (SSSR count). The van der Waals surface area contributed by atoms with Gasteiger partial charge in [-0.1, -0.05) is 56.2 Å². The monoisotopic (exact) mass is 509 g/mol. The van der Waals surface area contributed by atoms with Crippen molar-refractivity contribution in [2.24, 2.45) is 5.41 Å². The lowest BCUT2D eigenvalue weighted by atomic mass is 9.87. The highest BCUT2D eigenvalue weighted by molar-refractivity contribution is 7.22. The van der Waals surface area contributed by atoms with E-state index >= 15 is 0 Å². The smallest absolute Gasteiger partial charge is 0.418 e. The molecule has 6 heteroatoms. The number of thiophene rings is 1. The van der Waals surface area contributed by atoms with E-state index in [4.69, 9.17) is 4.74 Å². The maximum absolute atomic E-state index is 14.0. The zero-order valence-electron chi connectivity index (χ0n) is 21.4. The zero-order valence-corrected chi connectivity index (χ0v) is 22.2. The van der Waals surface area contributed by atoms with Crippen LogP contribution in [-0.4, -0.2) is 12.1 Å². The summed E-state index contributed by atoms with van der Waals surface area (Å²) in [5, 5.41) is 0.173. The second-order valence-corrected chi connectivity index (χ2v) is 11.5. The number of ether oxygens (including phenoxy) is 1. The Labute approximate surface area is 214 Å². The van der Waals surface area contributed by atoms with Crippen LogP contribution in [0.4, 0.5) is 13.2 Å². The second-order valence-electron chi connectivity index (χ2n) is 10.4. The van der Waals surface area contributed by atoms with Gasteiger partial charge < -0.3 is 4.74 Å². The number of benzene rings is 2. The minimum atomic E-state index is -4.50. The van der Waals surface area contributed by atoms with Crippen LogP contribution in [0.2, 0.25) is 0 Å². The number of alkyl halides is 3. The first-order chi connectivity index (χ1) is 16.9. The first kappa shape index (κ1) is 26.0.